The minimum absolute atomic E-state index is 0.0455. The number of hydrogen-bond donors (Lipinski definition) is 0. The van der Waals surface area contributed by atoms with Crippen molar-refractivity contribution < 1.29 is 18.7 Å². The number of benzene rings is 3. The summed E-state index contributed by atoms with van der Waals surface area (Å²) in [5.74, 6) is 6.20. The van der Waals surface area contributed by atoms with Gasteiger partial charge in [-0.3, -0.25) is 0 Å². The number of halogens is 1. The fourth-order valence-electron chi connectivity index (χ4n) is 5.31. The lowest BCUT2D eigenvalue weighted by molar-refractivity contribution is -0.156. The van der Waals surface area contributed by atoms with E-state index >= 15 is 4.39 Å². The van der Waals surface area contributed by atoms with Crippen molar-refractivity contribution in [3.63, 3.8) is 0 Å². The van der Waals surface area contributed by atoms with Crippen LogP contribution in [0.3, 0.4) is 0 Å². The van der Waals surface area contributed by atoms with Crippen molar-refractivity contribution in [3.05, 3.63) is 84.7 Å². The maximum Gasteiger partial charge on any atom is 0.345 e. The Hall–Kier alpha value is -3.23. The third-order valence-corrected chi connectivity index (χ3v) is 9.48. The third kappa shape index (κ3) is 6.60. The van der Waals surface area contributed by atoms with Crippen LogP contribution in [-0.4, -0.2) is 18.2 Å². The molecule has 5 rings (SSSR count). The number of rotatable bonds is 7. The zero-order valence-corrected chi connectivity index (χ0v) is 22.5. The van der Waals surface area contributed by atoms with Crippen LogP contribution in [0.25, 0.3) is 0 Å². The van der Waals surface area contributed by atoms with Gasteiger partial charge in [0.1, 0.15) is 0 Å². The van der Waals surface area contributed by atoms with Gasteiger partial charge in [-0.2, -0.15) is 0 Å². The molecule has 0 saturated heterocycles. The summed E-state index contributed by atoms with van der Waals surface area (Å²) in [6.07, 6.45) is 9.49. The predicted octanol–water partition coefficient (Wildman–Crippen LogP) is 7.74. The Morgan fingerprint density at radius 2 is 1.47 bits per heavy atom. The van der Waals surface area contributed by atoms with Crippen molar-refractivity contribution in [3.8, 4) is 17.6 Å². The second kappa shape index (κ2) is 12.5. The lowest BCUT2D eigenvalue weighted by Gasteiger charge is -2.24. The molecule has 0 unspecified atom stereocenters. The zero-order valence-electron chi connectivity index (χ0n) is 21.7. The fraction of sp³-hybridized carbons (Fsp3) is 0.364. The molecule has 0 heterocycles. The fourth-order valence-corrected chi connectivity index (χ4v) is 7.41. The number of ether oxygens (including phenoxy) is 2. The topological polar surface area (TPSA) is 35.5 Å². The van der Waals surface area contributed by atoms with E-state index in [4.69, 9.17) is 9.47 Å². The number of esters is 1. The standard InChI is InChI=1S/C33H34FO3S/c34-30-24-29(38(27-14-6-2-7-15-27)28-16-8-3-9-17-28)18-19-31(30)36-25-32(35)37-33(21-10-11-22-33)23-20-26-12-4-1-5-13-26/h2-3,6-9,14-19,24,26H,1,4-5,10-13,21-22,25H2/q+1. The van der Waals surface area contributed by atoms with Crippen molar-refractivity contribution in [2.24, 2.45) is 5.92 Å². The van der Waals surface area contributed by atoms with Crippen LogP contribution in [0.4, 0.5) is 4.39 Å². The molecule has 2 saturated carbocycles. The molecule has 0 spiro atoms. The normalized spacial score (nSPS) is 17.0. The first-order valence-electron chi connectivity index (χ1n) is 13.6. The van der Waals surface area contributed by atoms with Crippen molar-refractivity contribution in [1.29, 1.82) is 0 Å². The quantitative estimate of drug-likeness (QED) is 0.178. The summed E-state index contributed by atoms with van der Waals surface area (Å²) >= 11 is 0. The van der Waals surface area contributed by atoms with Gasteiger partial charge in [0.05, 0.1) is 10.9 Å². The monoisotopic (exact) mass is 529 g/mol. The van der Waals surface area contributed by atoms with E-state index in [1.54, 1.807) is 6.07 Å². The lowest BCUT2D eigenvalue weighted by atomic mass is 9.89. The van der Waals surface area contributed by atoms with E-state index in [1.165, 1.54) is 25.3 Å². The molecule has 3 aromatic rings. The Labute approximate surface area is 228 Å². The Kier molecular flexibility index (Phi) is 8.71. The van der Waals surface area contributed by atoms with E-state index in [2.05, 4.69) is 36.1 Å². The molecule has 3 nitrogen and oxygen atoms in total. The summed E-state index contributed by atoms with van der Waals surface area (Å²) in [6, 6.07) is 25.2. The molecule has 0 N–H and O–H groups in total. The zero-order chi connectivity index (χ0) is 26.2. The lowest BCUT2D eigenvalue weighted by Crippen LogP contribution is -2.33. The second-order valence-electron chi connectivity index (χ2n) is 10.1. The van der Waals surface area contributed by atoms with Crippen LogP contribution in [0.1, 0.15) is 57.8 Å². The molecule has 0 radical (unpaired) electrons. The first-order chi connectivity index (χ1) is 18.6. The van der Waals surface area contributed by atoms with Crippen molar-refractivity contribution in [2.45, 2.75) is 78.1 Å². The molecule has 0 amide bonds. The minimum atomic E-state index is -0.722. The minimum Gasteiger partial charge on any atom is -0.479 e. The molecule has 2 fully saturated rings. The Balaban J connectivity index is 1.26. The van der Waals surface area contributed by atoms with Gasteiger partial charge in [0, 0.05) is 12.0 Å². The van der Waals surface area contributed by atoms with Crippen LogP contribution in [-0.2, 0) is 20.4 Å². The van der Waals surface area contributed by atoms with Gasteiger partial charge in [0.15, 0.2) is 38.5 Å². The van der Waals surface area contributed by atoms with Gasteiger partial charge < -0.3 is 9.47 Å². The SMILES string of the molecule is O=C(COc1ccc([S+](c2ccccc2)c2ccccc2)cc1F)OC1(C#CC2CCCCC2)CCCC1. The molecule has 3 aromatic carbocycles. The van der Waals surface area contributed by atoms with Gasteiger partial charge in [0.25, 0.3) is 0 Å². The van der Waals surface area contributed by atoms with E-state index in [0.717, 1.165) is 53.2 Å². The van der Waals surface area contributed by atoms with Crippen molar-refractivity contribution >= 4 is 16.9 Å². The second-order valence-corrected chi connectivity index (χ2v) is 12.1. The average molecular weight is 530 g/mol. The number of hydrogen-bond acceptors (Lipinski definition) is 3. The van der Waals surface area contributed by atoms with Gasteiger partial charge in [-0.1, -0.05) is 67.5 Å². The molecule has 38 heavy (non-hydrogen) atoms. The van der Waals surface area contributed by atoms with Crippen LogP contribution in [0, 0.1) is 23.6 Å². The van der Waals surface area contributed by atoms with Gasteiger partial charge in [-0.25, -0.2) is 9.18 Å². The summed E-state index contributed by atoms with van der Waals surface area (Å²) in [4.78, 5) is 15.8. The van der Waals surface area contributed by atoms with Gasteiger partial charge in [-0.15, -0.1) is 0 Å². The molecule has 0 bridgehead atoms. The highest BCUT2D eigenvalue weighted by Gasteiger charge is 2.36. The van der Waals surface area contributed by atoms with Crippen molar-refractivity contribution in [1.82, 2.24) is 0 Å². The van der Waals surface area contributed by atoms with Crippen LogP contribution in [0.15, 0.2) is 93.5 Å². The molecular weight excluding hydrogens is 495 g/mol. The summed E-state index contributed by atoms with van der Waals surface area (Å²) < 4.78 is 26.7. The van der Waals surface area contributed by atoms with E-state index < -0.39 is 28.3 Å². The molecule has 2 aliphatic rings. The first-order valence-corrected chi connectivity index (χ1v) is 14.9. The molecular formula is C33H34FO3S+. The van der Waals surface area contributed by atoms with Gasteiger partial charge in [0.2, 0.25) is 0 Å². The van der Waals surface area contributed by atoms with E-state index in [-0.39, 0.29) is 12.4 Å². The largest absolute Gasteiger partial charge is 0.479 e. The van der Waals surface area contributed by atoms with Crippen LogP contribution >= 0.6 is 0 Å². The number of carbonyl (C=O) groups excluding carboxylic acids is 1. The molecule has 2 aliphatic carbocycles. The molecule has 0 atom stereocenters. The van der Waals surface area contributed by atoms with E-state index in [1.807, 2.05) is 42.5 Å². The highest BCUT2D eigenvalue weighted by Crippen LogP contribution is 2.35. The molecule has 0 aliphatic heterocycles. The number of carbonyl (C=O) groups is 1. The average Bonchev–Trinajstić information content (AvgIpc) is 3.42. The Bertz CT molecular complexity index is 1230. The maximum absolute atomic E-state index is 15.2. The van der Waals surface area contributed by atoms with Crippen LogP contribution < -0.4 is 4.74 Å². The molecule has 0 aromatic heterocycles. The van der Waals surface area contributed by atoms with E-state index in [9.17, 15) is 4.79 Å². The van der Waals surface area contributed by atoms with Gasteiger partial charge in [-0.05, 0) is 74.9 Å². The summed E-state index contributed by atoms with van der Waals surface area (Å²) in [7, 11) is -0.462. The van der Waals surface area contributed by atoms with Crippen molar-refractivity contribution in [2.75, 3.05) is 6.61 Å². The summed E-state index contributed by atoms with van der Waals surface area (Å²) in [5, 5.41) is 0. The highest BCUT2D eigenvalue weighted by molar-refractivity contribution is 7.97. The van der Waals surface area contributed by atoms with Crippen LogP contribution in [0.2, 0.25) is 0 Å². The summed E-state index contributed by atoms with van der Waals surface area (Å²) in [6.45, 7) is -0.341. The summed E-state index contributed by atoms with van der Waals surface area (Å²) in [5.41, 5.74) is -0.722. The van der Waals surface area contributed by atoms with Crippen LogP contribution in [0.5, 0.6) is 5.75 Å². The Morgan fingerprint density at radius 3 is 2.08 bits per heavy atom. The van der Waals surface area contributed by atoms with E-state index in [0.29, 0.717) is 5.92 Å². The first kappa shape index (κ1) is 26.4. The third-order valence-electron chi connectivity index (χ3n) is 7.27. The molecule has 196 valence electrons. The maximum atomic E-state index is 15.2. The highest BCUT2D eigenvalue weighted by atomic mass is 32.2. The Morgan fingerprint density at radius 1 is 0.842 bits per heavy atom. The van der Waals surface area contributed by atoms with Gasteiger partial charge >= 0.3 is 5.97 Å². The predicted molar refractivity (Wildman–Crippen MR) is 149 cm³/mol. The smallest absolute Gasteiger partial charge is 0.345 e. The molecule has 5 heteroatoms.